The largest absolute Gasteiger partial charge is 0.391 e. The topological polar surface area (TPSA) is 75.8 Å². The van der Waals surface area contributed by atoms with Gasteiger partial charge in [-0.15, -0.1) is 0 Å². The Kier molecular flexibility index (Phi) is 3.98. The van der Waals surface area contributed by atoms with Crippen LogP contribution in [0.15, 0.2) is 47.5 Å². The first-order valence-corrected chi connectivity index (χ1v) is 5.10. The lowest BCUT2D eigenvalue weighted by atomic mass is 10.0. The summed E-state index contributed by atoms with van der Waals surface area (Å²) in [6, 6.07) is 11.4. The summed E-state index contributed by atoms with van der Waals surface area (Å²) in [6.45, 7) is 3.84. The fourth-order valence-corrected chi connectivity index (χ4v) is 1.40. The Morgan fingerprint density at radius 3 is 2.40 bits per heavy atom. The molecule has 0 unspecified atom stereocenters. The quantitative estimate of drug-likeness (QED) is 0.461. The van der Waals surface area contributed by atoms with Crippen LogP contribution in [0, 0.1) is 11.3 Å². The molecule has 4 heteroatoms. The number of nitrogens with two attached hydrogens (primary N) is 2. The fourth-order valence-electron chi connectivity index (χ4n) is 1.11. The van der Waals surface area contributed by atoms with Crippen LogP contribution in [0.25, 0.3) is 5.57 Å². The first kappa shape index (κ1) is 11.4. The molecule has 0 radical (unpaired) electrons. The minimum Gasteiger partial charge on any atom is -0.391 e. The maximum atomic E-state index is 8.94. The second-order valence-electron chi connectivity index (χ2n) is 2.81. The van der Waals surface area contributed by atoms with E-state index in [0.29, 0.717) is 11.1 Å². The molecular formula is C11H11N3S. The summed E-state index contributed by atoms with van der Waals surface area (Å²) < 4.78 is 0. The van der Waals surface area contributed by atoms with Gasteiger partial charge in [-0.1, -0.05) is 36.9 Å². The van der Waals surface area contributed by atoms with Gasteiger partial charge in [0.15, 0.2) is 0 Å². The molecule has 0 fully saturated rings. The predicted octanol–water partition coefficient (Wildman–Crippen LogP) is 2.00. The molecule has 76 valence electrons. The molecular weight excluding hydrogens is 206 g/mol. The van der Waals surface area contributed by atoms with E-state index >= 15 is 0 Å². The van der Waals surface area contributed by atoms with Crippen LogP contribution in [0.2, 0.25) is 0 Å². The second kappa shape index (κ2) is 5.25. The number of rotatable bonds is 3. The van der Waals surface area contributed by atoms with Gasteiger partial charge in [0.25, 0.3) is 0 Å². The van der Waals surface area contributed by atoms with E-state index in [1.807, 2.05) is 36.4 Å². The van der Waals surface area contributed by atoms with Crippen molar-refractivity contribution in [1.82, 2.24) is 0 Å². The van der Waals surface area contributed by atoms with E-state index in [9.17, 15) is 0 Å². The molecule has 0 heterocycles. The molecule has 4 N–H and O–H groups in total. The minimum atomic E-state index is 0.284. The van der Waals surface area contributed by atoms with Crippen molar-refractivity contribution in [2.24, 2.45) is 10.9 Å². The van der Waals surface area contributed by atoms with Crippen molar-refractivity contribution in [2.75, 3.05) is 0 Å². The van der Waals surface area contributed by atoms with E-state index in [4.69, 9.17) is 16.1 Å². The van der Waals surface area contributed by atoms with Crippen LogP contribution in [-0.4, -0.2) is 0 Å². The molecule has 0 aliphatic rings. The van der Waals surface area contributed by atoms with Gasteiger partial charge in [0.1, 0.15) is 6.07 Å². The summed E-state index contributed by atoms with van der Waals surface area (Å²) >= 11 is 0.855. The molecule has 0 saturated heterocycles. The van der Waals surface area contributed by atoms with Crippen molar-refractivity contribution in [1.29, 1.82) is 5.26 Å². The van der Waals surface area contributed by atoms with E-state index in [2.05, 4.69) is 6.58 Å². The summed E-state index contributed by atoms with van der Waals surface area (Å²) in [7, 11) is 0. The Morgan fingerprint density at radius 1 is 1.33 bits per heavy atom. The lowest BCUT2D eigenvalue weighted by Crippen LogP contribution is -2.02. The van der Waals surface area contributed by atoms with Crippen LogP contribution < -0.4 is 10.9 Å². The Bertz CT molecular complexity index is 429. The van der Waals surface area contributed by atoms with Gasteiger partial charge in [0.05, 0.1) is 10.6 Å². The molecule has 3 nitrogen and oxygen atoms in total. The van der Waals surface area contributed by atoms with Crippen LogP contribution in [0.4, 0.5) is 0 Å². The van der Waals surface area contributed by atoms with Gasteiger partial charge in [-0.2, -0.15) is 5.26 Å². The molecule has 1 aromatic rings. The minimum absolute atomic E-state index is 0.284. The van der Waals surface area contributed by atoms with E-state index in [0.717, 1.165) is 17.5 Å². The highest BCUT2D eigenvalue weighted by atomic mass is 32.2. The smallest absolute Gasteiger partial charge is 0.103 e. The van der Waals surface area contributed by atoms with Crippen molar-refractivity contribution in [3.63, 3.8) is 0 Å². The molecule has 0 saturated carbocycles. The average Bonchev–Trinajstić information content (AvgIpc) is 2.30. The summed E-state index contributed by atoms with van der Waals surface area (Å²) in [5, 5.41) is 14.5. The van der Waals surface area contributed by atoms with Gasteiger partial charge in [0, 0.05) is 0 Å². The summed E-state index contributed by atoms with van der Waals surface area (Å²) in [5.41, 5.74) is 7.39. The Morgan fingerprint density at radius 2 is 1.93 bits per heavy atom. The summed E-state index contributed by atoms with van der Waals surface area (Å²) in [4.78, 5) is 0. The van der Waals surface area contributed by atoms with Gasteiger partial charge in [-0.3, -0.25) is 5.14 Å². The van der Waals surface area contributed by atoms with E-state index < -0.39 is 0 Å². The van der Waals surface area contributed by atoms with Gasteiger partial charge < -0.3 is 5.73 Å². The third-order valence-corrected chi connectivity index (χ3v) is 2.37. The predicted molar refractivity (Wildman–Crippen MR) is 64.1 cm³/mol. The highest BCUT2D eigenvalue weighted by molar-refractivity contribution is 8.00. The standard InChI is InChI=1S/C11H11N3S/c1-8(9-5-3-2-4-6-9)10(7-12)11(13)15-14/h2-6H,1,13-14H2/b11-10-. The van der Waals surface area contributed by atoms with Gasteiger partial charge in [0.2, 0.25) is 0 Å². The zero-order valence-electron chi connectivity index (χ0n) is 8.10. The maximum absolute atomic E-state index is 8.94. The third kappa shape index (κ3) is 2.62. The number of hydrogen-bond acceptors (Lipinski definition) is 4. The van der Waals surface area contributed by atoms with Gasteiger partial charge >= 0.3 is 0 Å². The number of benzene rings is 1. The molecule has 0 atom stereocenters. The first-order chi connectivity index (χ1) is 7.20. The maximum Gasteiger partial charge on any atom is 0.103 e. The molecule has 0 amide bonds. The zero-order valence-corrected chi connectivity index (χ0v) is 8.92. The zero-order chi connectivity index (χ0) is 11.3. The van der Waals surface area contributed by atoms with Crippen LogP contribution >= 0.6 is 11.9 Å². The van der Waals surface area contributed by atoms with Crippen LogP contribution in [-0.2, 0) is 0 Å². The second-order valence-corrected chi connectivity index (χ2v) is 3.49. The highest BCUT2D eigenvalue weighted by Crippen LogP contribution is 2.23. The normalized spacial score (nSPS) is 11.5. The van der Waals surface area contributed by atoms with E-state index in [1.54, 1.807) is 0 Å². The molecule has 1 aromatic carbocycles. The Labute approximate surface area is 93.2 Å². The number of nitriles is 1. The van der Waals surface area contributed by atoms with Crippen molar-refractivity contribution in [3.05, 3.63) is 53.1 Å². The molecule has 0 aromatic heterocycles. The number of hydrogen-bond donors (Lipinski definition) is 2. The lowest BCUT2D eigenvalue weighted by molar-refractivity contribution is 1.43. The number of nitrogens with zero attached hydrogens (tertiary/aromatic N) is 1. The third-order valence-electron chi connectivity index (χ3n) is 1.91. The Hall–Kier alpha value is -1.70. The molecule has 0 bridgehead atoms. The molecule has 0 spiro atoms. The SMILES string of the molecule is C=C(/C(C#N)=C(/N)SN)c1ccccc1. The fraction of sp³-hybridized carbons (Fsp3) is 0. The summed E-state index contributed by atoms with van der Waals surface area (Å²) in [6.07, 6.45) is 0. The van der Waals surface area contributed by atoms with Crippen LogP contribution in [0.1, 0.15) is 5.56 Å². The van der Waals surface area contributed by atoms with Gasteiger partial charge in [-0.05, 0) is 23.1 Å². The first-order valence-electron chi connectivity index (χ1n) is 4.22. The highest BCUT2D eigenvalue weighted by Gasteiger charge is 2.08. The van der Waals surface area contributed by atoms with Crippen molar-refractivity contribution in [3.8, 4) is 6.07 Å². The van der Waals surface area contributed by atoms with E-state index in [1.165, 1.54) is 0 Å². The van der Waals surface area contributed by atoms with Crippen molar-refractivity contribution >= 4 is 17.5 Å². The van der Waals surface area contributed by atoms with E-state index in [-0.39, 0.29) is 5.03 Å². The molecule has 0 aliphatic carbocycles. The monoisotopic (exact) mass is 217 g/mol. The molecule has 15 heavy (non-hydrogen) atoms. The van der Waals surface area contributed by atoms with Crippen LogP contribution in [0.3, 0.4) is 0 Å². The van der Waals surface area contributed by atoms with Gasteiger partial charge in [-0.25, -0.2) is 0 Å². The van der Waals surface area contributed by atoms with Crippen molar-refractivity contribution < 1.29 is 0 Å². The van der Waals surface area contributed by atoms with Crippen LogP contribution in [0.5, 0.6) is 0 Å². The van der Waals surface area contributed by atoms with Crippen molar-refractivity contribution in [2.45, 2.75) is 0 Å². The molecule has 0 aliphatic heterocycles. The number of allylic oxidation sites excluding steroid dienone is 2. The Balaban J connectivity index is 3.11. The lowest BCUT2D eigenvalue weighted by Gasteiger charge is -2.06. The average molecular weight is 217 g/mol. The summed E-state index contributed by atoms with van der Waals surface area (Å²) in [5.74, 6) is 0. The molecule has 1 rings (SSSR count).